The molecule has 1 unspecified atom stereocenters. The molecule has 20 heavy (non-hydrogen) atoms. The van der Waals surface area contributed by atoms with Gasteiger partial charge in [0.25, 0.3) is 11.8 Å². The molecule has 2 amide bonds. The summed E-state index contributed by atoms with van der Waals surface area (Å²) >= 11 is 0. The number of hydrogen-bond acceptors (Lipinski definition) is 5. The summed E-state index contributed by atoms with van der Waals surface area (Å²) in [6, 6.07) is 3.87. The molecule has 0 saturated carbocycles. The molecule has 0 bridgehead atoms. The monoisotopic (exact) mass is 278 g/mol. The average molecular weight is 278 g/mol. The molecule has 2 N–H and O–H groups in total. The van der Waals surface area contributed by atoms with E-state index in [2.05, 4.69) is 15.4 Å². The van der Waals surface area contributed by atoms with Crippen LogP contribution in [-0.2, 0) is 14.3 Å². The molecule has 1 atom stereocenters. The third-order valence-electron chi connectivity index (χ3n) is 2.78. The van der Waals surface area contributed by atoms with Crippen molar-refractivity contribution in [3.63, 3.8) is 0 Å². The lowest BCUT2D eigenvalue weighted by atomic mass is 10.1. The quantitative estimate of drug-likeness (QED) is 0.776. The first-order chi connectivity index (χ1) is 9.51. The number of benzene rings is 1. The standard InChI is InChI=1S/C13H14N2O5/c1-7(13(18)19-2)14-12(17)8-3-4-9-10(5-8)20-6-11(16)15-9/h3-5,7H,6H2,1-2H3,(H,14,17)(H,15,16). The molecule has 1 aromatic carbocycles. The zero-order valence-electron chi connectivity index (χ0n) is 11.1. The minimum absolute atomic E-state index is 0.0867. The van der Waals surface area contributed by atoms with Gasteiger partial charge in [0.15, 0.2) is 6.61 Å². The molecule has 1 aromatic rings. The summed E-state index contributed by atoms with van der Waals surface area (Å²) in [5, 5.41) is 5.13. The predicted octanol–water partition coefficient (Wildman–Crippen LogP) is 0.309. The molecule has 0 radical (unpaired) electrons. The maximum absolute atomic E-state index is 12.0. The van der Waals surface area contributed by atoms with E-state index in [-0.39, 0.29) is 12.5 Å². The van der Waals surface area contributed by atoms with Crippen LogP contribution in [0.15, 0.2) is 18.2 Å². The summed E-state index contributed by atoms with van der Waals surface area (Å²) in [7, 11) is 1.25. The fourth-order valence-corrected chi connectivity index (χ4v) is 1.73. The molecule has 1 aliphatic heterocycles. The highest BCUT2D eigenvalue weighted by atomic mass is 16.5. The number of amides is 2. The fourth-order valence-electron chi connectivity index (χ4n) is 1.73. The molecule has 7 nitrogen and oxygen atoms in total. The highest BCUT2D eigenvalue weighted by molar-refractivity contribution is 6.00. The second-order valence-electron chi connectivity index (χ2n) is 4.27. The van der Waals surface area contributed by atoms with Crippen LogP contribution in [0.5, 0.6) is 5.75 Å². The number of rotatable bonds is 3. The predicted molar refractivity (Wildman–Crippen MR) is 69.5 cm³/mol. The van der Waals surface area contributed by atoms with Crippen LogP contribution in [0.3, 0.4) is 0 Å². The van der Waals surface area contributed by atoms with Gasteiger partial charge in [0, 0.05) is 5.56 Å². The van der Waals surface area contributed by atoms with Gasteiger partial charge in [0.05, 0.1) is 12.8 Å². The molecule has 0 fully saturated rings. The van der Waals surface area contributed by atoms with E-state index in [4.69, 9.17) is 4.74 Å². The molecule has 0 saturated heterocycles. The van der Waals surface area contributed by atoms with Crippen LogP contribution in [0.4, 0.5) is 5.69 Å². The van der Waals surface area contributed by atoms with Crippen molar-refractivity contribution >= 4 is 23.5 Å². The Bertz CT molecular complexity index is 570. The van der Waals surface area contributed by atoms with Crippen molar-refractivity contribution in [2.24, 2.45) is 0 Å². The Kier molecular flexibility index (Phi) is 3.88. The van der Waals surface area contributed by atoms with Crippen molar-refractivity contribution in [3.05, 3.63) is 23.8 Å². The minimum Gasteiger partial charge on any atom is -0.482 e. The second-order valence-corrected chi connectivity index (χ2v) is 4.27. The van der Waals surface area contributed by atoms with Crippen LogP contribution in [0, 0.1) is 0 Å². The Hall–Kier alpha value is -2.57. The van der Waals surface area contributed by atoms with Crippen LogP contribution in [0.25, 0.3) is 0 Å². The summed E-state index contributed by atoms with van der Waals surface area (Å²) in [6.45, 7) is 1.44. The summed E-state index contributed by atoms with van der Waals surface area (Å²) in [5.41, 5.74) is 0.842. The van der Waals surface area contributed by atoms with Crippen molar-refractivity contribution in [3.8, 4) is 5.75 Å². The number of anilines is 1. The fraction of sp³-hybridized carbons (Fsp3) is 0.308. The Morgan fingerprint density at radius 3 is 2.90 bits per heavy atom. The van der Waals surface area contributed by atoms with Gasteiger partial charge in [0.2, 0.25) is 0 Å². The van der Waals surface area contributed by atoms with Crippen molar-refractivity contribution in [2.45, 2.75) is 13.0 Å². The Morgan fingerprint density at radius 1 is 1.45 bits per heavy atom. The number of methoxy groups -OCH3 is 1. The van der Waals surface area contributed by atoms with Gasteiger partial charge in [-0.1, -0.05) is 0 Å². The molecule has 2 rings (SSSR count). The second kappa shape index (κ2) is 5.60. The van der Waals surface area contributed by atoms with E-state index in [9.17, 15) is 14.4 Å². The lowest BCUT2D eigenvalue weighted by Gasteiger charge is -2.18. The number of carbonyl (C=O) groups is 3. The first kappa shape index (κ1) is 13.9. The van der Waals surface area contributed by atoms with Gasteiger partial charge in [-0.2, -0.15) is 0 Å². The number of esters is 1. The molecule has 7 heteroatoms. The third-order valence-corrected chi connectivity index (χ3v) is 2.78. The molecular weight excluding hydrogens is 264 g/mol. The molecule has 1 heterocycles. The average Bonchev–Trinajstić information content (AvgIpc) is 2.45. The summed E-state index contributed by atoms with van der Waals surface area (Å²) in [5.74, 6) is -0.775. The highest BCUT2D eigenvalue weighted by Gasteiger charge is 2.20. The Balaban J connectivity index is 2.12. The number of fused-ring (bicyclic) bond motifs is 1. The molecular formula is C13H14N2O5. The van der Waals surface area contributed by atoms with Crippen molar-refractivity contribution in [1.82, 2.24) is 5.32 Å². The van der Waals surface area contributed by atoms with Crippen LogP contribution in [-0.4, -0.2) is 37.5 Å². The normalized spacial score (nSPS) is 14.4. The minimum atomic E-state index is -0.746. The first-order valence-electron chi connectivity index (χ1n) is 5.96. The summed E-state index contributed by atoms with van der Waals surface area (Å²) in [4.78, 5) is 34.3. The zero-order valence-corrected chi connectivity index (χ0v) is 11.1. The SMILES string of the molecule is COC(=O)C(C)NC(=O)c1ccc2c(c1)OCC(=O)N2. The number of hydrogen-bond donors (Lipinski definition) is 2. The Labute approximate surface area is 115 Å². The van der Waals surface area contributed by atoms with Gasteiger partial charge in [0.1, 0.15) is 11.8 Å². The maximum atomic E-state index is 12.0. The number of carbonyl (C=O) groups excluding carboxylic acids is 3. The topological polar surface area (TPSA) is 93.7 Å². The van der Waals surface area contributed by atoms with Gasteiger partial charge in [-0.05, 0) is 25.1 Å². The van der Waals surface area contributed by atoms with E-state index in [1.165, 1.54) is 26.2 Å². The van der Waals surface area contributed by atoms with E-state index in [1.807, 2.05) is 0 Å². The first-order valence-corrected chi connectivity index (χ1v) is 5.96. The van der Waals surface area contributed by atoms with E-state index >= 15 is 0 Å². The van der Waals surface area contributed by atoms with Crippen molar-refractivity contribution in [1.29, 1.82) is 0 Å². The number of ether oxygens (including phenoxy) is 2. The van der Waals surface area contributed by atoms with Gasteiger partial charge in [-0.3, -0.25) is 9.59 Å². The lowest BCUT2D eigenvalue weighted by molar-refractivity contribution is -0.142. The molecule has 0 aromatic heterocycles. The number of nitrogens with one attached hydrogen (secondary N) is 2. The van der Waals surface area contributed by atoms with Crippen LogP contribution >= 0.6 is 0 Å². The van der Waals surface area contributed by atoms with Crippen molar-refractivity contribution in [2.75, 3.05) is 19.0 Å². The Morgan fingerprint density at radius 2 is 2.20 bits per heavy atom. The largest absolute Gasteiger partial charge is 0.482 e. The molecule has 0 spiro atoms. The van der Waals surface area contributed by atoms with Crippen molar-refractivity contribution < 1.29 is 23.9 Å². The van der Waals surface area contributed by atoms with Crippen LogP contribution < -0.4 is 15.4 Å². The lowest BCUT2D eigenvalue weighted by Crippen LogP contribution is -2.39. The van der Waals surface area contributed by atoms with Gasteiger partial charge in [-0.15, -0.1) is 0 Å². The molecule has 1 aliphatic rings. The third kappa shape index (κ3) is 2.87. The van der Waals surface area contributed by atoms with Crippen LogP contribution in [0.2, 0.25) is 0 Å². The highest BCUT2D eigenvalue weighted by Crippen LogP contribution is 2.28. The van der Waals surface area contributed by atoms with E-state index in [1.54, 1.807) is 6.07 Å². The van der Waals surface area contributed by atoms with E-state index in [0.29, 0.717) is 17.0 Å². The molecule has 106 valence electrons. The van der Waals surface area contributed by atoms with Gasteiger partial charge < -0.3 is 20.1 Å². The smallest absolute Gasteiger partial charge is 0.328 e. The van der Waals surface area contributed by atoms with Gasteiger partial charge in [-0.25, -0.2) is 4.79 Å². The van der Waals surface area contributed by atoms with Crippen LogP contribution in [0.1, 0.15) is 17.3 Å². The maximum Gasteiger partial charge on any atom is 0.328 e. The molecule has 0 aliphatic carbocycles. The summed E-state index contributed by atoms with van der Waals surface area (Å²) < 4.78 is 9.74. The van der Waals surface area contributed by atoms with E-state index in [0.717, 1.165) is 0 Å². The zero-order chi connectivity index (χ0) is 14.7. The van der Waals surface area contributed by atoms with E-state index < -0.39 is 17.9 Å². The summed E-state index contributed by atoms with van der Waals surface area (Å²) in [6.07, 6.45) is 0. The van der Waals surface area contributed by atoms with Gasteiger partial charge >= 0.3 is 5.97 Å².